The van der Waals surface area contributed by atoms with Crippen molar-refractivity contribution in [3.63, 3.8) is 0 Å². The molecule has 0 aliphatic rings. The molecule has 2 N–H and O–H groups in total. The molecule has 0 saturated heterocycles. The first kappa shape index (κ1) is 22.5. The predicted molar refractivity (Wildman–Crippen MR) is 133 cm³/mol. The van der Waals surface area contributed by atoms with E-state index in [1.165, 1.54) is 11.1 Å². The van der Waals surface area contributed by atoms with Crippen LogP contribution in [0.25, 0.3) is 27.9 Å². The van der Waals surface area contributed by atoms with Crippen LogP contribution in [0.15, 0.2) is 33.7 Å². The number of halogens is 1. The number of nitrogens with zero attached hydrogens (tertiary/aromatic N) is 4. The van der Waals surface area contributed by atoms with E-state index in [2.05, 4.69) is 81.9 Å². The molecule has 32 heavy (non-hydrogen) atoms. The first-order chi connectivity index (χ1) is 15.3. The number of benzene rings is 1. The molecule has 0 radical (unpaired) electrons. The predicted octanol–water partition coefficient (Wildman–Crippen LogP) is 6.20. The second-order valence-corrected chi connectivity index (χ2v) is 9.56. The summed E-state index contributed by atoms with van der Waals surface area (Å²) in [7, 11) is 0. The topological polar surface area (TPSA) is 77.7 Å². The minimum absolute atomic E-state index is 0.243. The Morgan fingerprint density at radius 2 is 1.72 bits per heavy atom. The molecule has 0 spiro atoms. The molecule has 0 fully saturated rings. The second-order valence-electron chi connectivity index (χ2n) is 8.65. The lowest BCUT2D eigenvalue weighted by molar-refractivity contribution is 0.255. The third-order valence-electron chi connectivity index (χ3n) is 6.12. The van der Waals surface area contributed by atoms with Crippen LogP contribution in [0.2, 0.25) is 0 Å². The molecule has 4 rings (SSSR count). The molecule has 1 aromatic carbocycles. The van der Waals surface area contributed by atoms with E-state index in [0.717, 1.165) is 63.8 Å². The summed E-state index contributed by atoms with van der Waals surface area (Å²) in [5.41, 5.74) is 14.4. The van der Waals surface area contributed by atoms with Crippen LogP contribution >= 0.6 is 15.9 Å². The fourth-order valence-corrected chi connectivity index (χ4v) is 5.72. The molecular formula is C25H30BrN5O. The number of primary amides is 1. The van der Waals surface area contributed by atoms with Gasteiger partial charge in [0.25, 0.3) is 0 Å². The van der Waals surface area contributed by atoms with Gasteiger partial charge in [0.15, 0.2) is 5.49 Å². The lowest BCUT2D eigenvalue weighted by Crippen LogP contribution is -2.25. The van der Waals surface area contributed by atoms with Crippen LogP contribution in [-0.2, 0) is 0 Å². The fraction of sp³-hybridized carbons (Fsp3) is 0.400. The number of rotatable bonds is 6. The molecule has 0 aliphatic carbocycles. The Labute approximate surface area is 196 Å². The molecule has 4 aromatic rings. The Hall–Kier alpha value is -2.67. The summed E-state index contributed by atoms with van der Waals surface area (Å²) < 4.78 is 5.41. The lowest BCUT2D eigenvalue weighted by Gasteiger charge is -2.19. The molecule has 0 atom stereocenters. The van der Waals surface area contributed by atoms with Gasteiger partial charge < -0.3 is 10.3 Å². The number of hydrogen-bond acceptors (Lipinski definition) is 2. The van der Waals surface area contributed by atoms with Gasteiger partial charge >= 0.3 is 6.03 Å². The minimum Gasteiger partial charge on any atom is -0.350 e. The molecule has 168 valence electrons. The number of hydrogen-bond donors (Lipinski definition) is 1. The van der Waals surface area contributed by atoms with E-state index in [1.807, 2.05) is 6.92 Å². The molecule has 3 heterocycles. The third-order valence-corrected chi connectivity index (χ3v) is 6.58. The van der Waals surface area contributed by atoms with Gasteiger partial charge in [0.1, 0.15) is 11.3 Å². The van der Waals surface area contributed by atoms with Gasteiger partial charge in [0, 0.05) is 27.8 Å². The van der Waals surface area contributed by atoms with Crippen LogP contribution in [0.5, 0.6) is 0 Å². The average molecular weight is 496 g/mol. The highest BCUT2D eigenvalue weighted by atomic mass is 79.9. The SMILES string of the molecule is CCCC(CCC)n1/c(=N/C(N)=O)c2cc(-c3c(C)cc(Br)cc3C)c3nc(C)cc1n32. The first-order valence-corrected chi connectivity index (χ1v) is 12.0. The van der Waals surface area contributed by atoms with E-state index in [1.54, 1.807) is 0 Å². The van der Waals surface area contributed by atoms with Crippen molar-refractivity contribution in [3.05, 3.63) is 51.0 Å². The Bertz CT molecular complexity index is 1350. The average Bonchev–Trinajstić information content (AvgIpc) is 3.19. The van der Waals surface area contributed by atoms with Gasteiger partial charge in [-0.3, -0.25) is 4.40 Å². The number of urea groups is 1. The van der Waals surface area contributed by atoms with Crippen LogP contribution in [-0.4, -0.2) is 20.0 Å². The van der Waals surface area contributed by atoms with Crippen LogP contribution in [0, 0.1) is 20.8 Å². The summed E-state index contributed by atoms with van der Waals surface area (Å²) in [5, 5.41) is 0. The zero-order valence-electron chi connectivity index (χ0n) is 19.4. The Balaban J connectivity index is 2.16. The lowest BCUT2D eigenvalue weighted by atomic mass is 9.97. The van der Waals surface area contributed by atoms with Crippen LogP contribution in [0.3, 0.4) is 0 Å². The summed E-state index contributed by atoms with van der Waals surface area (Å²) in [6.07, 6.45) is 4.12. The van der Waals surface area contributed by atoms with E-state index in [4.69, 9.17) is 10.7 Å². The van der Waals surface area contributed by atoms with Crippen molar-refractivity contribution in [2.45, 2.75) is 66.3 Å². The molecule has 0 bridgehead atoms. The summed E-state index contributed by atoms with van der Waals surface area (Å²) in [6, 6.07) is 8.01. The van der Waals surface area contributed by atoms with Crippen LogP contribution < -0.4 is 11.2 Å². The van der Waals surface area contributed by atoms with Crippen LogP contribution in [0.1, 0.15) is 62.4 Å². The largest absolute Gasteiger partial charge is 0.350 e. The van der Waals surface area contributed by atoms with Gasteiger partial charge in [-0.2, -0.15) is 4.99 Å². The molecule has 6 nitrogen and oxygen atoms in total. The maximum Gasteiger partial charge on any atom is 0.340 e. The quantitative estimate of drug-likeness (QED) is 0.345. The first-order valence-electron chi connectivity index (χ1n) is 11.2. The Morgan fingerprint density at radius 3 is 2.28 bits per heavy atom. The van der Waals surface area contributed by atoms with E-state index in [9.17, 15) is 4.79 Å². The van der Waals surface area contributed by atoms with Crippen molar-refractivity contribution >= 4 is 38.8 Å². The smallest absolute Gasteiger partial charge is 0.340 e. The van der Waals surface area contributed by atoms with Crippen molar-refractivity contribution in [1.29, 1.82) is 0 Å². The summed E-state index contributed by atoms with van der Waals surface area (Å²) in [4.78, 5) is 21.2. The summed E-state index contributed by atoms with van der Waals surface area (Å²) >= 11 is 3.60. The molecule has 0 unspecified atom stereocenters. The monoisotopic (exact) mass is 495 g/mol. The Kier molecular flexibility index (Phi) is 6.12. The van der Waals surface area contributed by atoms with Gasteiger partial charge in [-0.1, -0.05) is 42.6 Å². The number of nitrogens with two attached hydrogens (primary N) is 1. The molecule has 0 saturated carbocycles. The summed E-state index contributed by atoms with van der Waals surface area (Å²) in [6.45, 7) is 10.6. The zero-order chi connectivity index (χ0) is 23.2. The highest BCUT2D eigenvalue weighted by molar-refractivity contribution is 9.10. The number of amides is 2. The minimum atomic E-state index is -0.679. The van der Waals surface area contributed by atoms with Crippen molar-refractivity contribution in [2.75, 3.05) is 0 Å². The molecule has 3 aromatic heterocycles. The van der Waals surface area contributed by atoms with Gasteiger partial charge in [-0.25, -0.2) is 9.78 Å². The van der Waals surface area contributed by atoms with Crippen molar-refractivity contribution in [1.82, 2.24) is 14.0 Å². The molecule has 7 heteroatoms. The highest BCUT2D eigenvalue weighted by Crippen LogP contribution is 2.36. The van der Waals surface area contributed by atoms with E-state index in [-0.39, 0.29) is 6.04 Å². The second kappa shape index (κ2) is 8.70. The molecular weight excluding hydrogens is 466 g/mol. The van der Waals surface area contributed by atoms with Gasteiger partial charge in [0.05, 0.1) is 5.52 Å². The number of aryl methyl sites for hydroxylation is 3. The van der Waals surface area contributed by atoms with E-state index >= 15 is 0 Å². The molecule has 2 amide bonds. The number of imidazole rings is 1. The van der Waals surface area contributed by atoms with E-state index in [0.29, 0.717) is 5.49 Å². The third kappa shape index (κ3) is 3.72. The number of aromatic nitrogens is 3. The maximum absolute atomic E-state index is 12.0. The van der Waals surface area contributed by atoms with Gasteiger partial charge in [-0.05, 0) is 68.5 Å². The van der Waals surface area contributed by atoms with Crippen molar-refractivity contribution in [2.24, 2.45) is 10.7 Å². The van der Waals surface area contributed by atoms with Crippen molar-refractivity contribution in [3.8, 4) is 11.1 Å². The van der Waals surface area contributed by atoms with Gasteiger partial charge in [-0.15, -0.1) is 0 Å². The highest BCUT2D eigenvalue weighted by Gasteiger charge is 2.24. The standard InChI is InChI=1S/C25H30BrN5O/c1-6-8-18(9-7-2)30-21-12-16(5)28-23-19(22-14(3)10-17(26)11-15(22)4)13-20(31(21)23)24(30)29-25(27)32/h10-13,18H,6-9H2,1-5H3,(H2,27,32)/b29-24+. The number of carbonyl (C=O) groups excluding carboxylic acids is 1. The number of carbonyl (C=O) groups is 1. The van der Waals surface area contributed by atoms with E-state index < -0.39 is 6.03 Å². The van der Waals surface area contributed by atoms with Gasteiger partial charge in [0.2, 0.25) is 0 Å². The van der Waals surface area contributed by atoms with Crippen molar-refractivity contribution < 1.29 is 4.79 Å². The summed E-state index contributed by atoms with van der Waals surface area (Å²) in [5.74, 6) is 0. The zero-order valence-corrected chi connectivity index (χ0v) is 21.0. The fourth-order valence-electron chi connectivity index (χ4n) is 5.03. The molecule has 0 aliphatic heterocycles. The normalized spacial score (nSPS) is 12.7. The Morgan fingerprint density at radius 1 is 1.09 bits per heavy atom. The maximum atomic E-state index is 12.0. The van der Waals surface area contributed by atoms with Crippen LogP contribution in [0.4, 0.5) is 4.79 Å².